The van der Waals surface area contributed by atoms with Crippen molar-refractivity contribution in [3.05, 3.63) is 65.0 Å². The Balaban J connectivity index is 2.25. The van der Waals surface area contributed by atoms with Crippen LogP contribution < -0.4 is 4.74 Å². The molecule has 1 N–H and O–H groups in total. The first-order valence-electron chi connectivity index (χ1n) is 6.72. The van der Waals surface area contributed by atoms with Gasteiger partial charge in [0, 0.05) is 5.56 Å². The molecular weight excluding hydrogens is 271 g/mol. The van der Waals surface area contributed by atoms with Gasteiger partial charge in [-0.1, -0.05) is 32.0 Å². The lowest BCUT2D eigenvalue weighted by atomic mass is 10.0. The molecule has 2 rings (SSSR count). The number of para-hydroxylation sites is 1. The van der Waals surface area contributed by atoms with E-state index < -0.39 is 11.8 Å². The van der Waals surface area contributed by atoms with Crippen LogP contribution in [0, 0.1) is 5.82 Å². The van der Waals surface area contributed by atoms with Crippen molar-refractivity contribution >= 4 is 5.97 Å². The van der Waals surface area contributed by atoms with Crippen LogP contribution in [0.15, 0.2) is 42.5 Å². The highest BCUT2D eigenvalue weighted by atomic mass is 19.1. The van der Waals surface area contributed by atoms with Gasteiger partial charge in [-0.05, 0) is 35.7 Å². The number of ether oxygens (including phenoxy) is 1. The topological polar surface area (TPSA) is 46.5 Å². The first-order valence-corrected chi connectivity index (χ1v) is 6.72. The molecule has 0 spiro atoms. The van der Waals surface area contributed by atoms with E-state index in [1.54, 1.807) is 0 Å². The predicted molar refractivity (Wildman–Crippen MR) is 78.2 cm³/mol. The summed E-state index contributed by atoms with van der Waals surface area (Å²) in [5, 5.41) is 9.12. The number of carbonyl (C=O) groups is 1. The molecule has 4 heteroatoms. The standard InChI is InChI=1S/C17H17FO3/c1-11(2)14-5-3-4-6-16(14)21-10-12-9-13(18)7-8-15(12)17(19)20/h3-9,11H,10H2,1-2H3,(H,19,20). The molecule has 0 saturated heterocycles. The SMILES string of the molecule is CC(C)c1ccccc1OCc1cc(F)ccc1C(=O)O. The van der Waals surface area contributed by atoms with Crippen LogP contribution in [0.2, 0.25) is 0 Å². The maximum atomic E-state index is 13.3. The van der Waals surface area contributed by atoms with Gasteiger partial charge < -0.3 is 9.84 Å². The van der Waals surface area contributed by atoms with E-state index in [1.165, 1.54) is 12.1 Å². The van der Waals surface area contributed by atoms with Gasteiger partial charge in [-0.25, -0.2) is 9.18 Å². The van der Waals surface area contributed by atoms with Crippen molar-refractivity contribution in [3.63, 3.8) is 0 Å². The van der Waals surface area contributed by atoms with Gasteiger partial charge in [-0.2, -0.15) is 0 Å². The molecule has 0 aliphatic carbocycles. The quantitative estimate of drug-likeness (QED) is 0.895. The normalized spacial score (nSPS) is 10.7. The van der Waals surface area contributed by atoms with Gasteiger partial charge >= 0.3 is 5.97 Å². The molecule has 0 fully saturated rings. The number of hydrogen-bond acceptors (Lipinski definition) is 2. The number of carboxylic acids is 1. The predicted octanol–water partition coefficient (Wildman–Crippen LogP) is 4.23. The number of benzene rings is 2. The molecule has 0 saturated carbocycles. The third-order valence-electron chi connectivity index (χ3n) is 3.22. The second-order valence-electron chi connectivity index (χ2n) is 5.09. The van der Waals surface area contributed by atoms with E-state index in [1.807, 2.05) is 38.1 Å². The van der Waals surface area contributed by atoms with Gasteiger partial charge in [0.25, 0.3) is 0 Å². The molecule has 0 aromatic heterocycles. The molecule has 0 unspecified atom stereocenters. The Morgan fingerprint density at radius 2 is 1.95 bits per heavy atom. The van der Waals surface area contributed by atoms with E-state index in [0.29, 0.717) is 11.3 Å². The second kappa shape index (κ2) is 6.39. The molecule has 0 atom stereocenters. The van der Waals surface area contributed by atoms with Gasteiger partial charge in [-0.3, -0.25) is 0 Å². The summed E-state index contributed by atoms with van der Waals surface area (Å²) >= 11 is 0. The lowest BCUT2D eigenvalue weighted by Crippen LogP contribution is -2.07. The molecule has 110 valence electrons. The molecule has 3 nitrogen and oxygen atoms in total. The summed E-state index contributed by atoms with van der Waals surface area (Å²) in [4.78, 5) is 11.1. The third kappa shape index (κ3) is 3.60. The molecule has 0 amide bonds. The molecule has 2 aromatic rings. The molecule has 0 aliphatic rings. The van der Waals surface area contributed by atoms with Crippen LogP contribution in [-0.2, 0) is 6.61 Å². The summed E-state index contributed by atoms with van der Waals surface area (Å²) in [5.41, 5.74) is 1.41. The van der Waals surface area contributed by atoms with Crippen LogP contribution in [-0.4, -0.2) is 11.1 Å². The highest BCUT2D eigenvalue weighted by Crippen LogP contribution is 2.27. The van der Waals surface area contributed by atoms with Gasteiger partial charge in [0.15, 0.2) is 0 Å². The van der Waals surface area contributed by atoms with Crippen molar-refractivity contribution < 1.29 is 19.0 Å². The molecule has 0 heterocycles. The second-order valence-corrected chi connectivity index (χ2v) is 5.09. The Morgan fingerprint density at radius 1 is 1.24 bits per heavy atom. The van der Waals surface area contributed by atoms with Crippen LogP contribution >= 0.6 is 0 Å². The third-order valence-corrected chi connectivity index (χ3v) is 3.22. The van der Waals surface area contributed by atoms with Crippen LogP contribution in [0.5, 0.6) is 5.75 Å². The van der Waals surface area contributed by atoms with Gasteiger partial charge in [0.05, 0.1) is 5.56 Å². The fraction of sp³-hybridized carbons (Fsp3) is 0.235. The zero-order valence-electron chi connectivity index (χ0n) is 12.0. The zero-order valence-corrected chi connectivity index (χ0v) is 12.0. The smallest absolute Gasteiger partial charge is 0.336 e. The average Bonchev–Trinajstić information content (AvgIpc) is 2.45. The summed E-state index contributed by atoms with van der Waals surface area (Å²) in [6.45, 7) is 4.11. The fourth-order valence-electron chi connectivity index (χ4n) is 2.13. The Morgan fingerprint density at radius 3 is 2.62 bits per heavy atom. The maximum Gasteiger partial charge on any atom is 0.336 e. The Bertz CT molecular complexity index is 650. The summed E-state index contributed by atoms with van der Waals surface area (Å²) in [6.07, 6.45) is 0. The van der Waals surface area contributed by atoms with Crippen LogP contribution in [0.3, 0.4) is 0 Å². The highest BCUT2D eigenvalue weighted by molar-refractivity contribution is 5.89. The monoisotopic (exact) mass is 288 g/mol. The molecular formula is C17H17FO3. The molecule has 0 radical (unpaired) electrons. The zero-order chi connectivity index (χ0) is 15.4. The molecule has 0 bridgehead atoms. The van der Waals surface area contributed by atoms with Crippen molar-refractivity contribution in [2.45, 2.75) is 26.4 Å². The lowest BCUT2D eigenvalue weighted by molar-refractivity contribution is 0.0694. The summed E-state index contributed by atoms with van der Waals surface area (Å²) in [7, 11) is 0. The van der Waals surface area contributed by atoms with Gasteiger partial charge in [0.1, 0.15) is 18.2 Å². The van der Waals surface area contributed by atoms with Crippen molar-refractivity contribution in [1.82, 2.24) is 0 Å². The van der Waals surface area contributed by atoms with Crippen molar-refractivity contribution in [3.8, 4) is 5.75 Å². The number of halogens is 1. The lowest BCUT2D eigenvalue weighted by Gasteiger charge is -2.14. The summed E-state index contributed by atoms with van der Waals surface area (Å²) < 4.78 is 19.0. The number of carboxylic acid groups (broad SMARTS) is 1. The summed E-state index contributed by atoms with van der Waals surface area (Å²) in [5.74, 6) is -0.595. The Labute approximate surface area is 123 Å². The molecule has 2 aromatic carbocycles. The molecule has 0 aliphatic heterocycles. The van der Waals surface area contributed by atoms with E-state index in [0.717, 1.165) is 11.6 Å². The van der Waals surface area contributed by atoms with E-state index in [9.17, 15) is 9.18 Å². The Kier molecular flexibility index (Phi) is 4.58. The summed E-state index contributed by atoms with van der Waals surface area (Å²) in [6, 6.07) is 11.2. The number of hydrogen-bond donors (Lipinski definition) is 1. The fourth-order valence-corrected chi connectivity index (χ4v) is 2.13. The number of aromatic carboxylic acids is 1. The van der Waals surface area contributed by atoms with Crippen LogP contribution in [0.1, 0.15) is 41.3 Å². The van der Waals surface area contributed by atoms with E-state index in [-0.39, 0.29) is 18.1 Å². The highest BCUT2D eigenvalue weighted by Gasteiger charge is 2.13. The first kappa shape index (κ1) is 15.0. The minimum atomic E-state index is -1.09. The van der Waals surface area contributed by atoms with Crippen LogP contribution in [0.4, 0.5) is 4.39 Å². The minimum Gasteiger partial charge on any atom is -0.489 e. The first-order chi connectivity index (χ1) is 9.99. The van der Waals surface area contributed by atoms with Crippen molar-refractivity contribution in [2.75, 3.05) is 0 Å². The van der Waals surface area contributed by atoms with Gasteiger partial charge in [-0.15, -0.1) is 0 Å². The van der Waals surface area contributed by atoms with Crippen molar-refractivity contribution in [2.24, 2.45) is 0 Å². The number of rotatable bonds is 5. The maximum absolute atomic E-state index is 13.3. The Hall–Kier alpha value is -2.36. The largest absolute Gasteiger partial charge is 0.489 e. The minimum absolute atomic E-state index is 0.0170. The van der Waals surface area contributed by atoms with Crippen LogP contribution in [0.25, 0.3) is 0 Å². The van der Waals surface area contributed by atoms with E-state index >= 15 is 0 Å². The molecule has 21 heavy (non-hydrogen) atoms. The van der Waals surface area contributed by atoms with Gasteiger partial charge in [0.2, 0.25) is 0 Å². The van der Waals surface area contributed by atoms with E-state index in [2.05, 4.69) is 0 Å². The average molecular weight is 288 g/mol. The van der Waals surface area contributed by atoms with E-state index in [4.69, 9.17) is 9.84 Å². The van der Waals surface area contributed by atoms with Crippen molar-refractivity contribution in [1.29, 1.82) is 0 Å².